The van der Waals surface area contributed by atoms with E-state index in [1.54, 1.807) is 17.4 Å². The first kappa shape index (κ1) is 20.0. The van der Waals surface area contributed by atoms with Gasteiger partial charge in [-0.05, 0) is 49.6 Å². The van der Waals surface area contributed by atoms with E-state index in [1.807, 2.05) is 30.3 Å². The molecule has 1 N–H and O–H groups in total. The maximum absolute atomic E-state index is 12.7. The number of fused-ring (bicyclic) bond motifs is 1. The molecule has 0 unspecified atom stereocenters. The normalized spacial score (nSPS) is 15.4. The first-order chi connectivity index (χ1) is 15.1. The topological polar surface area (TPSA) is 58.4 Å². The molecule has 1 fully saturated rings. The van der Waals surface area contributed by atoms with Gasteiger partial charge in [0.15, 0.2) is 16.5 Å². The predicted molar refractivity (Wildman–Crippen MR) is 124 cm³/mol. The van der Waals surface area contributed by atoms with Crippen LogP contribution in [0.25, 0.3) is 21.0 Å². The Morgan fingerprint density at radius 3 is 2.77 bits per heavy atom. The van der Waals surface area contributed by atoms with E-state index in [1.165, 1.54) is 11.1 Å². The number of carbonyl (C=O) groups is 1. The number of furan rings is 1. The van der Waals surface area contributed by atoms with E-state index in [4.69, 9.17) is 4.42 Å². The standard InChI is InChI=1S/C25H25N3O2S/c1-17-5-4-6-18(15-17)16-28-13-11-19(12-14-28)26-24(29)21-9-10-22(30-21)25-27-20-7-2-3-8-23(20)31-25/h2-10,15,19H,11-14,16H2,1H3,(H,26,29). The molecule has 2 aromatic carbocycles. The van der Waals surface area contributed by atoms with Crippen molar-refractivity contribution in [3.05, 3.63) is 77.6 Å². The maximum Gasteiger partial charge on any atom is 0.287 e. The van der Waals surface area contributed by atoms with E-state index in [-0.39, 0.29) is 11.9 Å². The van der Waals surface area contributed by atoms with Crippen molar-refractivity contribution in [2.75, 3.05) is 13.1 Å². The van der Waals surface area contributed by atoms with Gasteiger partial charge in [-0.1, -0.05) is 42.0 Å². The Morgan fingerprint density at radius 2 is 1.97 bits per heavy atom. The number of nitrogens with one attached hydrogen (secondary N) is 1. The smallest absolute Gasteiger partial charge is 0.287 e. The van der Waals surface area contributed by atoms with Crippen LogP contribution in [0.15, 0.2) is 65.1 Å². The number of rotatable bonds is 5. The van der Waals surface area contributed by atoms with Crippen LogP contribution in [-0.2, 0) is 6.54 Å². The average Bonchev–Trinajstić information content (AvgIpc) is 3.42. The Bertz CT molecular complexity index is 1170. The maximum atomic E-state index is 12.7. The average molecular weight is 432 g/mol. The van der Waals surface area contributed by atoms with E-state index < -0.39 is 0 Å². The molecule has 0 atom stereocenters. The Labute approximate surface area is 185 Å². The lowest BCUT2D eigenvalue weighted by molar-refractivity contribution is 0.0882. The number of nitrogens with zero attached hydrogens (tertiary/aromatic N) is 2. The molecule has 5 nitrogen and oxygen atoms in total. The molecule has 0 saturated carbocycles. The fourth-order valence-corrected chi connectivity index (χ4v) is 5.04. The number of hydrogen-bond acceptors (Lipinski definition) is 5. The number of thiazole rings is 1. The fourth-order valence-electron chi connectivity index (χ4n) is 4.11. The van der Waals surface area contributed by atoms with E-state index in [0.717, 1.165) is 47.7 Å². The monoisotopic (exact) mass is 431 g/mol. The molecule has 5 rings (SSSR count). The molecule has 0 spiro atoms. The van der Waals surface area contributed by atoms with Crippen LogP contribution in [0.4, 0.5) is 0 Å². The summed E-state index contributed by atoms with van der Waals surface area (Å²) in [6.45, 7) is 5.05. The minimum absolute atomic E-state index is 0.149. The molecule has 3 heterocycles. The second-order valence-corrected chi connectivity index (χ2v) is 9.19. The Balaban J connectivity index is 1.17. The van der Waals surface area contributed by atoms with Crippen molar-refractivity contribution in [3.63, 3.8) is 0 Å². The molecule has 1 aliphatic heterocycles. The van der Waals surface area contributed by atoms with Crippen molar-refractivity contribution in [2.24, 2.45) is 0 Å². The SMILES string of the molecule is Cc1cccc(CN2CCC(NC(=O)c3ccc(-c4nc5ccccc5s4)o3)CC2)c1. The largest absolute Gasteiger partial charge is 0.448 e. The highest BCUT2D eigenvalue weighted by molar-refractivity contribution is 7.21. The predicted octanol–water partition coefficient (Wildman–Crippen LogP) is 5.26. The lowest BCUT2D eigenvalue weighted by Gasteiger charge is -2.32. The van der Waals surface area contributed by atoms with Crippen LogP contribution in [0.2, 0.25) is 0 Å². The summed E-state index contributed by atoms with van der Waals surface area (Å²) in [6.07, 6.45) is 1.89. The molecule has 4 aromatic rings. The molecule has 1 saturated heterocycles. The van der Waals surface area contributed by atoms with Gasteiger partial charge in [-0.2, -0.15) is 0 Å². The van der Waals surface area contributed by atoms with Gasteiger partial charge < -0.3 is 9.73 Å². The van der Waals surface area contributed by atoms with Crippen molar-refractivity contribution >= 4 is 27.5 Å². The summed E-state index contributed by atoms with van der Waals surface area (Å²) in [4.78, 5) is 19.8. The molecular weight excluding hydrogens is 406 g/mol. The highest BCUT2D eigenvalue weighted by Gasteiger charge is 2.23. The van der Waals surface area contributed by atoms with E-state index >= 15 is 0 Å². The third-order valence-corrected chi connectivity index (χ3v) is 6.80. The molecular formula is C25H25N3O2S. The molecule has 1 aliphatic rings. The van der Waals surface area contributed by atoms with Crippen LogP contribution >= 0.6 is 11.3 Å². The second-order valence-electron chi connectivity index (χ2n) is 8.16. The number of likely N-dealkylation sites (tertiary alicyclic amines) is 1. The molecule has 2 aromatic heterocycles. The Hall–Kier alpha value is -2.96. The molecule has 0 radical (unpaired) electrons. The van der Waals surface area contributed by atoms with E-state index in [9.17, 15) is 4.79 Å². The molecule has 158 valence electrons. The molecule has 1 amide bonds. The van der Waals surface area contributed by atoms with Gasteiger partial charge in [0.1, 0.15) is 0 Å². The van der Waals surface area contributed by atoms with Gasteiger partial charge in [0.2, 0.25) is 0 Å². The van der Waals surface area contributed by atoms with Crippen molar-refractivity contribution in [1.29, 1.82) is 0 Å². The van der Waals surface area contributed by atoms with Gasteiger partial charge in [-0.25, -0.2) is 4.98 Å². The number of hydrogen-bond donors (Lipinski definition) is 1. The summed E-state index contributed by atoms with van der Waals surface area (Å²) < 4.78 is 6.95. The van der Waals surface area contributed by atoms with Gasteiger partial charge in [-0.3, -0.25) is 9.69 Å². The van der Waals surface area contributed by atoms with Gasteiger partial charge in [-0.15, -0.1) is 11.3 Å². The fraction of sp³-hybridized carbons (Fsp3) is 0.280. The van der Waals surface area contributed by atoms with Crippen molar-refractivity contribution in [1.82, 2.24) is 15.2 Å². The van der Waals surface area contributed by atoms with E-state index in [2.05, 4.69) is 46.4 Å². The number of aryl methyl sites for hydroxylation is 1. The summed E-state index contributed by atoms with van der Waals surface area (Å²) in [7, 11) is 0. The third kappa shape index (κ3) is 4.55. The number of benzene rings is 2. The highest BCUT2D eigenvalue weighted by atomic mass is 32.1. The van der Waals surface area contributed by atoms with Crippen LogP contribution in [0.5, 0.6) is 0 Å². The van der Waals surface area contributed by atoms with Gasteiger partial charge in [0, 0.05) is 25.7 Å². The van der Waals surface area contributed by atoms with Crippen LogP contribution in [0, 0.1) is 6.92 Å². The quantitative estimate of drug-likeness (QED) is 0.468. The summed E-state index contributed by atoms with van der Waals surface area (Å²) in [5.41, 5.74) is 3.59. The Kier molecular flexibility index (Phi) is 5.57. The lowest BCUT2D eigenvalue weighted by atomic mass is 10.0. The van der Waals surface area contributed by atoms with Crippen LogP contribution in [0.1, 0.15) is 34.5 Å². The minimum atomic E-state index is -0.149. The number of aromatic nitrogens is 1. The van der Waals surface area contributed by atoms with Crippen LogP contribution in [-0.4, -0.2) is 34.9 Å². The molecule has 6 heteroatoms. The highest BCUT2D eigenvalue weighted by Crippen LogP contribution is 2.31. The summed E-state index contributed by atoms with van der Waals surface area (Å²) >= 11 is 1.57. The summed E-state index contributed by atoms with van der Waals surface area (Å²) in [6, 6.07) is 20.4. The van der Waals surface area contributed by atoms with Crippen molar-refractivity contribution in [3.8, 4) is 10.8 Å². The molecule has 31 heavy (non-hydrogen) atoms. The van der Waals surface area contributed by atoms with Gasteiger partial charge in [0.05, 0.1) is 10.2 Å². The van der Waals surface area contributed by atoms with Gasteiger partial charge >= 0.3 is 0 Å². The number of carbonyl (C=O) groups excluding carboxylic acids is 1. The molecule has 0 bridgehead atoms. The number of para-hydroxylation sites is 1. The van der Waals surface area contributed by atoms with Crippen LogP contribution in [0.3, 0.4) is 0 Å². The first-order valence-corrected chi connectivity index (χ1v) is 11.5. The zero-order chi connectivity index (χ0) is 21.2. The number of amides is 1. The zero-order valence-corrected chi connectivity index (χ0v) is 18.3. The summed E-state index contributed by atoms with van der Waals surface area (Å²) in [5, 5.41) is 3.94. The third-order valence-electron chi connectivity index (χ3n) is 5.75. The number of piperidine rings is 1. The second kappa shape index (κ2) is 8.65. The molecule has 0 aliphatic carbocycles. The lowest BCUT2D eigenvalue weighted by Crippen LogP contribution is -2.44. The minimum Gasteiger partial charge on any atom is -0.448 e. The van der Waals surface area contributed by atoms with E-state index in [0.29, 0.717) is 11.5 Å². The Morgan fingerprint density at radius 1 is 1.13 bits per heavy atom. The van der Waals surface area contributed by atoms with Crippen molar-refractivity contribution < 1.29 is 9.21 Å². The summed E-state index contributed by atoms with van der Waals surface area (Å²) in [5.74, 6) is 0.834. The van der Waals surface area contributed by atoms with Crippen LogP contribution < -0.4 is 5.32 Å². The first-order valence-electron chi connectivity index (χ1n) is 10.7. The van der Waals surface area contributed by atoms with Gasteiger partial charge in [0.25, 0.3) is 5.91 Å². The zero-order valence-electron chi connectivity index (χ0n) is 17.5. The van der Waals surface area contributed by atoms with Crippen molar-refractivity contribution in [2.45, 2.75) is 32.4 Å².